The monoisotopic (exact) mass is 378 g/mol. The Morgan fingerprint density at radius 2 is 1.91 bits per heavy atom. The molecule has 0 spiro atoms. The summed E-state index contributed by atoms with van der Waals surface area (Å²) in [6, 6.07) is 9.62. The molecule has 0 aliphatic rings. The van der Waals surface area contributed by atoms with E-state index in [1.54, 1.807) is 24.3 Å². The Kier molecular flexibility index (Phi) is 5.46. The van der Waals surface area contributed by atoms with Crippen LogP contribution in [0.4, 0.5) is 5.69 Å². The number of amides is 1. The molecule has 2 aromatic rings. The van der Waals surface area contributed by atoms with Gasteiger partial charge < -0.3 is 5.32 Å². The zero-order valence-corrected chi connectivity index (χ0v) is 14.6. The van der Waals surface area contributed by atoms with E-state index in [-0.39, 0.29) is 10.8 Å². The summed E-state index contributed by atoms with van der Waals surface area (Å²) in [5, 5.41) is 2.95. The summed E-state index contributed by atoms with van der Waals surface area (Å²) < 4.78 is 26.0. The number of sulfonamides is 1. The lowest BCUT2D eigenvalue weighted by molar-refractivity contribution is -0.116. The number of carbonyl (C=O) groups is 1. The smallest absolute Gasteiger partial charge is 0.252 e. The van der Waals surface area contributed by atoms with Crippen LogP contribution in [0.3, 0.4) is 0 Å². The number of hydrogen-bond donors (Lipinski definition) is 1. The van der Waals surface area contributed by atoms with E-state index in [4.69, 9.17) is 23.2 Å². The number of hydrogen-bond acceptors (Lipinski definition) is 4. The standard InChI is InChI=1S/C13H12Cl2N2O3S2/c1-17(22(19,20)13-7-6-11(15)21-13)8-12(18)16-10-5-3-2-4-9(10)14/h2-7H,8H2,1H3,(H,16,18). The number of rotatable bonds is 5. The molecule has 0 aliphatic carbocycles. The number of halogens is 2. The Labute approximate surface area is 142 Å². The highest BCUT2D eigenvalue weighted by Gasteiger charge is 2.24. The van der Waals surface area contributed by atoms with Crippen molar-refractivity contribution in [1.82, 2.24) is 4.31 Å². The van der Waals surface area contributed by atoms with Crippen LogP contribution >= 0.6 is 34.5 Å². The summed E-state index contributed by atoms with van der Waals surface area (Å²) in [6.45, 7) is -0.330. The predicted octanol–water partition coefficient (Wildman–Crippen LogP) is 3.31. The van der Waals surface area contributed by atoms with Gasteiger partial charge in [-0.2, -0.15) is 4.31 Å². The number of nitrogens with zero attached hydrogens (tertiary/aromatic N) is 1. The van der Waals surface area contributed by atoms with Crippen LogP contribution in [0.15, 0.2) is 40.6 Å². The summed E-state index contributed by atoms with van der Waals surface area (Å²) in [5.41, 5.74) is 0.430. The maximum Gasteiger partial charge on any atom is 0.252 e. The Morgan fingerprint density at radius 1 is 1.23 bits per heavy atom. The molecule has 2 rings (SSSR count). The van der Waals surface area contributed by atoms with Gasteiger partial charge in [0.1, 0.15) is 4.21 Å². The van der Waals surface area contributed by atoms with Gasteiger partial charge in [0.15, 0.2) is 0 Å². The molecule has 0 saturated carbocycles. The molecule has 22 heavy (non-hydrogen) atoms. The van der Waals surface area contributed by atoms with Gasteiger partial charge in [0, 0.05) is 7.05 Å². The number of carbonyl (C=O) groups excluding carboxylic acids is 1. The second-order valence-corrected chi connectivity index (χ2v) is 8.74. The molecule has 1 N–H and O–H groups in total. The Bertz CT molecular complexity index is 790. The van der Waals surface area contributed by atoms with Crippen LogP contribution < -0.4 is 5.32 Å². The van der Waals surface area contributed by atoms with Crippen molar-refractivity contribution in [3.05, 3.63) is 45.8 Å². The zero-order valence-electron chi connectivity index (χ0n) is 11.4. The van der Waals surface area contributed by atoms with Crippen molar-refractivity contribution < 1.29 is 13.2 Å². The molecule has 0 unspecified atom stereocenters. The van der Waals surface area contributed by atoms with Gasteiger partial charge in [-0.25, -0.2) is 8.42 Å². The van der Waals surface area contributed by atoms with E-state index in [0.29, 0.717) is 15.0 Å². The maximum absolute atomic E-state index is 12.3. The molecular formula is C13H12Cl2N2O3S2. The number of nitrogens with one attached hydrogen (secondary N) is 1. The first kappa shape index (κ1) is 17.2. The molecular weight excluding hydrogens is 367 g/mol. The fourth-order valence-corrected chi connectivity index (χ4v) is 4.63. The van der Waals surface area contributed by atoms with Gasteiger partial charge in [-0.3, -0.25) is 4.79 Å². The summed E-state index contributed by atoms with van der Waals surface area (Å²) in [6.07, 6.45) is 0. The minimum atomic E-state index is -3.74. The lowest BCUT2D eigenvalue weighted by Crippen LogP contribution is -2.34. The highest BCUT2D eigenvalue weighted by Crippen LogP contribution is 2.27. The third kappa shape index (κ3) is 3.99. The molecule has 5 nitrogen and oxygen atoms in total. The van der Waals surface area contributed by atoms with E-state index in [1.165, 1.54) is 19.2 Å². The molecule has 0 aliphatic heterocycles. The van der Waals surface area contributed by atoms with Crippen molar-refractivity contribution in [2.45, 2.75) is 4.21 Å². The van der Waals surface area contributed by atoms with Crippen LogP contribution in [-0.4, -0.2) is 32.2 Å². The van der Waals surface area contributed by atoms with Crippen LogP contribution in [0, 0.1) is 0 Å². The first-order chi connectivity index (χ1) is 10.3. The van der Waals surface area contributed by atoms with Crippen LogP contribution in [0.1, 0.15) is 0 Å². The molecule has 1 heterocycles. The maximum atomic E-state index is 12.3. The van der Waals surface area contributed by atoms with Crippen LogP contribution in [-0.2, 0) is 14.8 Å². The molecule has 0 saturated heterocycles. The summed E-state index contributed by atoms with van der Waals surface area (Å²) >= 11 is 12.6. The third-order valence-electron chi connectivity index (χ3n) is 2.73. The molecule has 1 aromatic heterocycles. The topological polar surface area (TPSA) is 66.5 Å². The third-order valence-corrected chi connectivity index (χ3v) is 6.56. The van der Waals surface area contributed by atoms with Crippen molar-refractivity contribution in [3.63, 3.8) is 0 Å². The van der Waals surface area contributed by atoms with Crippen LogP contribution in [0.25, 0.3) is 0 Å². The first-order valence-electron chi connectivity index (χ1n) is 6.07. The number of thiophene rings is 1. The molecule has 0 fully saturated rings. The normalized spacial score (nSPS) is 11.6. The van der Waals surface area contributed by atoms with Gasteiger partial charge in [-0.05, 0) is 24.3 Å². The van der Waals surface area contributed by atoms with Gasteiger partial charge in [0.2, 0.25) is 5.91 Å². The Hall–Kier alpha value is -1.12. The second kappa shape index (κ2) is 6.97. The summed E-state index contributed by atoms with van der Waals surface area (Å²) in [4.78, 5) is 12.0. The molecule has 9 heteroatoms. The molecule has 1 amide bonds. The summed E-state index contributed by atoms with van der Waals surface area (Å²) in [5.74, 6) is -0.484. The van der Waals surface area contributed by atoms with Crippen molar-refractivity contribution >= 4 is 56.2 Å². The minimum Gasteiger partial charge on any atom is -0.324 e. The highest BCUT2D eigenvalue weighted by molar-refractivity contribution is 7.91. The van der Waals surface area contributed by atoms with E-state index < -0.39 is 15.9 Å². The first-order valence-corrected chi connectivity index (χ1v) is 9.08. The van der Waals surface area contributed by atoms with Crippen molar-refractivity contribution in [2.24, 2.45) is 0 Å². The molecule has 118 valence electrons. The van der Waals surface area contributed by atoms with Crippen molar-refractivity contribution in [2.75, 3.05) is 18.9 Å². The van der Waals surface area contributed by atoms with Gasteiger partial charge in [0.05, 0.1) is 21.6 Å². The molecule has 0 bridgehead atoms. The van der Waals surface area contributed by atoms with Crippen molar-refractivity contribution in [1.29, 1.82) is 0 Å². The lowest BCUT2D eigenvalue weighted by atomic mass is 10.3. The SMILES string of the molecule is CN(CC(=O)Nc1ccccc1Cl)S(=O)(=O)c1ccc(Cl)s1. The van der Waals surface area contributed by atoms with Crippen LogP contribution in [0.2, 0.25) is 9.36 Å². The second-order valence-electron chi connectivity index (χ2n) is 4.35. The average molecular weight is 379 g/mol. The Balaban J connectivity index is 2.07. The van der Waals surface area contributed by atoms with E-state index >= 15 is 0 Å². The molecule has 1 aromatic carbocycles. The molecule has 0 atom stereocenters. The van der Waals surface area contributed by atoms with E-state index in [0.717, 1.165) is 15.6 Å². The largest absolute Gasteiger partial charge is 0.324 e. The summed E-state index contributed by atoms with van der Waals surface area (Å²) in [7, 11) is -2.41. The zero-order chi connectivity index (χ0) is 16.3. The highest BCUT2D eigenvalue weighted by atomic mass is 35.5. The van der Waals surface area contributed by atoms with Crippen molar-refractivity contribution in [3.8, 4) is 0 Å². The number of benzene rings is 1. The van der Waals surface area contributed by atoms with Crippen LogP contribution in [0.5, 0.6) is 0 Å². The minimum absolute atomic E-state index is 0.0885. The quantitative estimate of drug-likeness (QED) is 0.867. The average Bonchev–Trinajstić information content (AvgIpc) is 2.88. The number of anilines is 1. The fourth-order valence-electron chi connectivity index (χ4n) is 1.63. The lowest BCUT2D eigenvalue weighted by Gasteiger charge is -2.16. The number of para-hydroxylation sites is 1. The van der Waals surface area contributed by atoms with E-state index in [9.17, 15) is 13.2 Å². The Morgan fingerprint density at radius 3 is 2.50 bits per heavy atom. The number of likely N-dealkylation sites (N-methyl/N-ethyl adjacent to an activating group) is 1. The van der Waals surface area contributed by atoms with E-state index in [2.05, 4.69) is 5.32 Å². The van der Waals surface area contributed by atoms with Gasteiger partial charge in [-0.1, -0.05) is 35.3 Å². The fraction of sp³-hybridized carbons (Fsp3) is 0.154. The predicted molar refractivity (Wildman–Crippen MR) is 89.2 cm³/mol. The molecule has 0 radical (unpaired) electrons. The van der Waals surface area contributed by atoms with Gasteiger partial charge >= 0.3 is 0 Å². The van der Waals surface area contributed by atoms with E-state index in [1.807, 2.05) is 0 Å². The van der Waals surface area contributed by atoms with Gasteiger partial charge in [-0.15, -0.1) is 11.3 Å². The van der Waals surface area contributed by atoms with Gasteiger partial charge in [0.25, 0.3) is 10.0 Å².